The molecule has 182 valence electrons. The highest BCUT2D eigenvalue weighted by Gasteiger charge is 2.21. The maximum atomic E-state index is 13.0. The van der Waals surface area contributed by atoms with Gasteiger partial charge in [-0.1, -0.05) is 48.0 Å². The fourth-order valence-corrected chi connectivity index (χ4v) is 4.92. The fraction of sp³-hybridized carbons (Fsp3) is 0.0385. The van der Waals surface area contributed by atoms with Gasteiger partial charge in [0.2, 0.25) is 0 Å². The van der Waals surface area contributed by atoms with Crippen molar-refractivity contribution in [2.24, 2.45) is 0 Å². The van der Waals surface area contributed by atoms with E-state index in [1.807, 2.05) is 6.07 Å². The largest absolute Gasteiger partial charge is 0.348 e. The number of pyridine rings is 1. The first kappa shape index (κ1) is 24.9. The zero-order valence-corrected chi connectivity index (χ0v) is 20.4. The Kier molecular flexibility index (Phi) is 7.62. The van der Waals surface area contributed by atoms with E-state index in [0.29, 0.717) is 5.69 Å². The minimum Gasteiger partial charge on any atom is -0.348 e. The van der Waals surface area contributed by atoms with Crippen molar-refractivity contribution in [1.82, 2.24) is 10.3 Å². The number of para-hydroxylation sites is 2. The van der Waals surface area contributed by atoms with Gasteiger partial charge in [-0.25, -0.2) is 8.42 Å². The van der Waals surface area contributed by atoms with E-state index < -0.39 is 15.9 Å². The molecule has 0 unspecified atom stereocenters. The van der Waals surface area contributed by atoms with Gasteiger partial charge in [0.05, 0.1) is 16.3 Å². The first-order chi connectivity index (χ1) is 17.3. The molecule has 0 radical (unpaired) electrons. The number of carbonyl (C=O) groups is 2. The first-order valence-electron chi connectivity index (χ1n) is 10.8. The van der Waals surface area contributed by atoms with Crippen LogP contribution in [0.3, 0.4) is 0 Å². The van der Waals surface area contributed by atoms with Crippen LogP contribution in [0.1, 0.15) is 26.3 Å². The molecule has 8 nitrogen and oxygen atoms in total. The topological polar surface area (TPSA) is 117 Å². The lowest BCUT2D eigenvalue weighted by Crippen LogP contribution is -2.25. The van der Waals surface area contributed by atoms with Gasteiger partial charge in [-0.15, -0.1) is 0 Å². The third-order valence-electron chi connectivity index (χ3n) is 5.10. The average molecular weight is 521 g/mol. The van der Waals surface area contributed by atoms with E-state index in [1.165, 1.54) is 18.2 Å². The van der Waals surface area contributed by atoms with Crippen molar-refractivity contribution in [3.8, 4) is 0 Å². The molecule has 36 heavy (non-hydrogen) atoms. The van der Waals surface area contributed by atoms with Crippen LogP contribution in [-0.2, 0) is 16.6 Å². The third kappa shape index (κ3) is 6.07. The van der Waals surface area contributed by atoms with Gasteiger partial charge in [0.15, 0.2) is 0 Å². The van der Waals surface area contributed by atoms with Crippen molar-refractivity contribution >= 4 is 44.8 Å². The zero-order valence-electron chi connectivity index (χ0n) is 18.8. The SMILES string of the molecule is O=C(Nc1ccccc1C(=O)NCc1cccnc1)c1ccc(Cl)c(S(=O)(=O)Nc2ccccc2)c1. The molecule has 1 heterocycles. The second-order valence-electron chi connectivity index (χ2n) is 7.66. The summed E-state index contributed by atoms with van der Waals surface area (Å²) in [7, 11) is -4.06. The second-order valence-corrected chi connectivity index (χ2v) is 9.72. The Labute approximate surface area is 213 Å². The van der Waals surface area contributed by atoms with Gasteiger partial charge in [-0.3, -0.25) is 19.3 Å². The summed E-state index contributed by atoms with van der Waals surface area (Å²) < 4.78 is 28.2. The van der Waals surface area contributed by atoms with Crippen LogP contribution in [0.25, 0.3) is 0 Å². The monoisotopic (exact) mass is 520 g/mol. The molecule has 10 heteroatoms. The highest BCUT2D eigenvalue weighted by atomic mass is 35.5. The van der Waals surface area contributed by atoms with Crippen LogP contribution < -0.4 is 15.4 Å². The highest BCUT2D eigenvalue weighted by Crippen LogP contribution is 2.26. The fourth-order valence-electron chi connectivity index (χ4n) is 3.33. The summed E-state index contributed by atoms with van der Waals surface area (Å²) >= 11 is 6.16. The summed E-state index contributed by atoms with van der Waals surface area (Å²) in [6.45, 7) is 0.266. The lowest BCUT2D eigenvalue weighted by atomic mass is 10.1. The van der Waals surface area contributed by atoms with E-state index in [2.05, 4.69) is 20.3 Å². The lowest BCUT2D eigenvalue weighted by molar-refractivity contribution is 0.0951. The zero-order chi connectivity index (χ0) is 25.5. The number of amides is 2. The minimum absolute atomic E-state index is 0.0369. The van der Waals surface area contributed by atoms with Crippen molar-refractivity contribution in [3.63, 3.8) is 0 Å². The number of rotatable bonds is 8. The quantitative estimate of drug-likeness (QED) is 0.311. The van der Waals surface area contributed by atoms with Crippen molar-refractivity contribution in [2.45, 2.75) is 11.4 Å². The van der Waals surface area contributed by atoms with Gasteiger partial charge in [0.1, 0.15) is 4.90 Å². The molecule has 0 aliphatic rings. The Morgan fingerprint density at radius 2 is 1.61 bits per heavy atom. The number of halogens is 1. The van der Waals surface area contributed by atoms with Crippen molar-refractivity contribution < 1.29 is 18.0 Å². The molecule has 0 bridgehead atoms. The smallest absolute Gasteiger partial charge is 0.263 e. The number of nitrogens with one attached hydrogen (secondary N) is 3. The Hall–Kier alpha value is -4.21. The number of carbonyl (C=O) groups excluding carboxylic acids is 2. The van der Waals surface area contributed by atoms with Crippen molar-refractivity contribution in [3.05, 3.63) is 119 Å². The van der Waals surface area contributed by atoms with E-state index in [-0.39, 0.29) is 39.2 Å². The van der Waals surface area contributed by atoms with Crippen LogP contribution in [0.4, 0.5) is 11.4 Å². The molecule has 0 aliphatic heterocycles. The van der Waals surface area contributed by atoms with Gasteiger partial charge >= 0.3 is 0 Å². The van der Waals surface area contributed by atoms with Gasteiger partial charge in [-0.2, -0.15) is 0 Å². The number of aromatic nitrogens is 1. The molecule has 0 fully saturated rings. The van der Waals surface area contributed by atoms with Crippen LogP contribution in [0.5, 0.6) is 0 Å². The van der Waals surface area contributed by atoms with E-state index >= 15 is 0 Å². The molecule has 0 atom stereocenters. The summed E-state index contributed by atoms with van der Waals surface area (Å²) in [4.78, 5) is 29.5. The molecular weight excluding hydrogens is 500 g/mol. The molecule has 2 amide bonds. The average Bonchev–Trinajstić information content (AvgIpc) is 2.88. The van der Waals surface area contributed by atoms with Crippen LogP contribution in [-0.4, -0.2) is 25.2 Å². The number of hydrogen-bond acceptors (Lipinski definition) is 5. The Morgan fingerprint density at radius 3 is 2.36 bits per heavy atom. The van der Waals surface area contributed by atoms with Crippen molar-refractivity contribution in [2.75, 3.05) is 10.0 Å². The van der Waals surface area contributed by atoms with E-state index in [0.717, 1.165) is 5.56 Å². The molecule has 0 aliphatic carbocycles. The van der Waals surface area contributed by atoms with E-state index in [1.54, 1.807) is 73.1 Å². The number of nitrogens with zero attached hydrogens (tertiary/aromatic N) is 1. The molecule has 0 saturated heterocycles. The predicted molar refractivity (Wildman–Crippen MR) is 139 cm³/mol. The van der Waals surface area contributed by atoms with Gasteiger partial charge < -0.3 is 10.6 Å². The Morgan fingerprint density at radius 1 is 0.861 bits per heavy atom. The Bertz CT molecular complexity index is 1500. The molecule has 4 aromatic rings. The van der Waals surface area contributed by atoms with Crippen LogP contribution in [0.15, 0.2) is 102 Å². The number of benzene rings is 3. The lowest BCUT2D eigenvalue weighted by Gasteiger charge is -2.13. The maximum Gasteiger partial charge on any atom is 0.263 e. The third-order valence-corrected chi connectivity index (χ3v) is 6.97. The Balaban J connectivity index is 1.53. The minimum atomic E-state index is -4.06. The predicted octanol–water partition coefficient (Wildman–Crippen LogP) is 4.72. The number of anilines is 2. The molecule has 3 N–H and O–H groups in total. The first-order valence-corrected chi connectivity index (χ1v) is 12.6. The normalized spacial score (nSPS) is 10.9. The van der Waals surface area contributed by atoms with Gasteiger partial charge in [0, 0.05) is 30.2 Å². The van der Waals surface area contributed by atoms with E-state index in [4.69, 9.17) is 11.6 Å². The summed E-state index contributed by atoms with van der Waals surface area (Å²) in [5, 5.41) is 5.44. The molecule has 0 spiro atoms. The van der Waals surface area contributed by atoms with Gasteiger partial charge in [0.25, 0.3) is 21.8 Å². The molecule has 4 rings (SSSR count). The van der Waals surface area contributed by atoms with Crippen molar-refractivity contribution in [1.29, 1.82) is 0 Å². The summed E-state index contributed by atoms with van der Waals surface area (Å²) in [6.07, 6.45) is 3.29. The maximum absolute atomic E-state index is 13.0. The molecule has 3 aromatic carbocycles. The summed E-state index contributed by atoms with van der Waals surface area (Å²) in [6, 6.07) is 22.4. The van der Waals surface area contributed by atoms with E-state index in [9.17, 15) is 18.0 Å². The van der Waals surface area contributed by atoms with Gasteiger partial charge in [-0.05, 0) is 54.1 Å². The number of sulfonamides is 1. The van der Waals surface area contributed by atoms with Crippen LogP contribution >= 0.6 is 11.6 Å². The summed E-state index contributed by atoms with van der Waals surface area (Å²) in [5.41, 5.74) is 1.76. The molecule has 1 aromatic heterocycles. The highest BCUT2D eigenvalue weighted by molar-refractivity contribution is 7.92. The number of hydrogen-bond donors (Lipinski definition) is 3. The standard InChI is InChI=1S/C26H21ClN4O4S/c27-22-13-12-19(15-24(22)36(34,35)31-20-8-2-1-3-9-20)25(32)30-23-11-5-4-10-21(23)26(33)29-17-18-7-6-14-28-16-18/h1-16,31H,17H2,(H,29,33)(H,30,32). The molecule has 0 saturated carbocycles. The molecular formula is C26H21ClN4O4S. The second kappa shape index (κ2) is 11.0. The van der Waals surface area contributed by atoms with Crippen LogP contribution in [0.2, 0.25) is 5.02 Å². The summed E-state index contributed by atoms with van der Waals surface area (Å²) in [5.74, 6) is -0.989. The van der Waals surface area contributed by atoms with Crippen LogP contribution in [0, 0.1) is 0 Å².